The maximum atomic E-state index is 13.5. The predicted octanol–water partition coefficient (Wildman–Crippen LogP) is 3.98. The summed E-state index contributed by atoms with van der Waals surface area (Å²) in [7, 11) is 0. The Balaban J connectivity index is 1.66. The van der Waals surface area contributed by atoms with Crippen LogP contribution in [0.25, 0.3) is 0 Å². The summed E-state index contributed by atoms with van der Waals surface area (Å²) in [5.41, 5.74) is 3.48. The number of ketones is 1. The highest BCUT2D eigenvalue weighted by Gasteiger charge is 2.36. The van der Waals surface area contributed by atoms with Crippen molar-refractivity contribution >= 4 is 29.2 Å². The molecule has 0 saturated carbocycles. The molecule has 1 aliphatic heterocycles. The number of aromatic nitrogens is 2. The van der Waals surface area contributed by atoms with Crippen molar-refractivity contribution in [2.45, 2.75) is 44.9 Å². The summed E-state index contributed by atoms with van der Waals surface area (Å²) in [5.74, 6) is -0.442. The standard InChI is InChI=1S/C21H24ClN3O3/c1-12-4-2-6-15(22)17(12)19(26)14-5-3-7-16-18(14)20(24-23-16)25-10-8-13(9-11-25)21(27)28/h2,4,6,13-14H,3,5,7-11H2,1H3,(H,23,24)(H,27,28). The highest BCUT2D eigenvalue weighted by Crippen LogP contribution is 2.41. The number of carbonyl (C=O) groups excluding carboxylic acids is 1. The Morgan fingerprint density at radius 1 is 1.25 bits per heavy atom. The first kappa shape index (κ1) is 19.0. The molecular weight excluding hydrogens is 378 g/mol. The van der Waals surface area contributed by atoms with Crippen LogP contribution in [0.15, 0.2) is 18.2 Å². The summed E-state index contributed by atoms with van der Waals surface area (Å²) >= 11 is 6.37. The van der Waals surface area contributed by atoms with Crippen LogP contribution in [0.4, 0.5) is 5.82 Å². The molecule has 6 nitrogen and oxygen atoms in total. The molecule has 0 spiro atoms. The van der Waals surface area contributed by atoms with Gasteiger partial charge in [0.15, 0.2) is 11.6 Å². The van der Waals surface area contributed by atoms with Crippen molar-refractivity contribution in [2.24, 2.45) is 5.92 Å². The van der Waals surface area contributed by atoms with Crippen LogP contribution in [-0.4, -0.2) is 40.1 Å². The number of piperidine rings is 1. The largest absolute Gasteiger partial charge is 0.481 e. The Morgan fingerprint density at radius 2 is 2.00 bits per heavy atom. The zero-order valence-corrected chi connectivity index (χ0v) is 16.6. The Bertz CT molecular complexity index is 895. The number of aliphatic carboxylic acids is 1. The van der Waals surface area contributed by atoms with Crippen molar-refractivity contribution in [1.29, 1.82) is 0 Å². The van der Waals surface area contributed by atoms with Gasteiger partial charge in [0.1, 0.15) is 0 Å². The first-order valence-electron chi connectivity index (χ1n) is 9.81. The van der Waals surface area contributed by atoms with Gasteiger partial charge in [-0.05, 0) is 50.7 Å². The van der Waals surface area contributed by atoms with E-state index in [-0.39, 0.29) is 17.6 Å². The SMILES string of the molecule is Cc1cccc(Cl)c1C(=O)C1CCCc2[nH]nc(N3CCC(C(=O)O)CC3)c21. The normalized spacial score (nSPS) is 20.1. The first-order chi connectivity index (χ1) is 13.5. The van der Waals surface area contributed by atoms with E-state index in [2.05, 4.69) is 15.1 Å². The van der Waals surface area contributed by atoms with Crippen LogP contribution in [0.5, 0.6) is 0 Å². The molecule has 1 saturated heterocycles. The predicted molar refractivity (Wildman–Crippen MR) is 107 cm³/mol. The zero-order valence-electron chi connectivity index (χ0n) is 15.9. The van der Waals surface area contributed by atoms with Crippen LogP contribution < -0.4 is 4.90 Å². The molecule has 1 aromatic heterocycles. The highest BCUT2D eigenvalue weighted by molar-refractivity contribution is 6.34. The minimum Gasteiger partial charge on any atom is -0.481 e. The minimum absolute atomic E-state index is 0.0483. The minimum atomic E-state index is -0.731. The summed E-state index contributed by atoms with van der Waals surface area (Å²) in [6.07, 6.45) is 3.77. The molecular formula is C21H24ClN3O3. The number of anilines is 1. The summed E-state index contributed by atoms with van der Waals surface area (Å²) in [6.45, 7) is 3.19. The van der Waals surface area contributed by atoms with Gasteiger partial charge in [-0.25, -0.2) is 0 Å². The van der Waals surface area contributed by atoms with Crippen molar-refractivity contribution < 1.29 is 14.7 Å². The molecule has 0 amide bonds. The second kappa shape index (κ2) is 7.59. The van der Waals surface area contributed by atoms with E-state index in [1.165, 1.54) is 0 Å². The Kier molecular flexibility index (Phi) is 5.15. The van der Waals surface area contributed by atoms with Gasteiger partial charge in [0.25, 0.3) is 0 Å². The monoisotopic (exact) mass is 401 g/mol. The average Bonchev–Trinajstić information content (AvgIpc) is 3.12. The number of carbonyl (C=O) groups is 2. The number of carboxylic acid groups (broad SMARTS) is 1. The van der Waals surface area contributed by atoms with Crippen LogP contribution in [0.2, 0.25) is 5.02 Å². The molecule has 4 rings (SSSR count). The average molecular weight is 402 g/mol. The number of carboxylic acids is 1. The number of H-pyrrole nitrogens is 1. The smallest absolute Gasteiger partial charge is 0.306 e. The van der Waals surface area contributed by atoms with Crippen molar-refractivity contribution in [3.05, 3.63) is 45.6 Å². The second-order valence-electron chi connectivity index (χ2n) is 7.78. The number of halogens is 1. The number of fused-ring (bicyclic) bond motifs is 1. The van der Waals surface area contributed by atoms with E-state index < -0.39 is 5.97 Å². The number of nitrogens with zero attached hydrogens (tertiary/aromatic N) is 2. The Morgan fingerprint density at radius 3 is 2.68 bits per heavy atom. The fraction of sp³-hybridized carbons (Fsp3) is 0.476. The van der Waals surface area contributed by atoms with E-state index in [0.717, 1.165) is 41.9 Å². The van der Waals surface area contributed by atoms with Crippen LogP contribution in [-0.2, 0) is 11.2 Å². The molecule has 1 aromatic carbocycles. The number of hydrogen-bond acceptors (Lipinski definition) is 4. The quantitative estimate of drug-likeness (QED) is 0.757. The third-order valence-electron chi connectivity index (χ3n) is 6.06. The number of nitrogens with one attached hydrogen (secondary N) is 1. The maximum absolute atomic E-state index is 13.5. The second-order valence-corrected chi connectivity index (χ2v) is 8.19. The lowest BCUT2D eigenvalue weighted by Crippen LogP contribution is -2.37. The first-order valence-corrected chi connectivity index (χ1v) is 10.2. The summed E-state index contributed by atoms with van der Waals surface area (Å²) in [5, 5.41) is 17.4. The molecule has 1 unspecified atom stereocenters. The van der Waals surface area contributed by atoms with Crippen LogP contribution in [0.1, 0.15) is 58.8 Å². The van der Waals surface area contributed by atoms with Gasteiger partial charge in [-0.1, -0.05) is 23.7 Å². The lowest BCUT2D eigenvalue weighted by Gasteiger charge is -2.32. The lowest BCUT2D eigenvalue weighted by atomic mass is 9.80. The van der Waals surface area contributed by atoms with Gasteiger partial charge >= 0.3 is 5.97 Å². The van der Waals surface area contributed by atoms with Crippen molar-refractivity contribution in [3.63, 3.8) is 0 Å². The maximum Gasteiger partial charge on any atom is 0.306 e. The van der Waals surface area contributed by atoms with Crippen LogP contribution in [0.3, 0.4) is 0 Å². The van der Waals surface area contributed by atoms with E-state index in [9.17, 15) is 14.7 Å². The molecule has 2 N–H and O–H groups in total. The highest BCUT2D eigenvalue weighted by atomic mass is 35.5. The molecule has 7 heteroatoms. The molecule has 2 heterocycles. The van der Waals surface area contributed by atoms with Gasteiger partial charge in [0, 0.05) is 29.9 Å². The number of aryl methyl sites for hydroxylation is 2. The van der Waals surface area contributed by atoms with Gasteiger partial charge in [0.2, 0.25) is 0 Å². The zero-order chi connectivity index (χ0) is 19.8. The molecule has 2 aromatic rings. The van der Waals surface area contributed by atoms with Crippen molar-refractivity contribution in [2.75, 3.05) is 18.0 Å². The van der Waals surface area contributed by atoms with E-state index >= 15 is 0 Å². The molecule has 2 aliphatic rings. The van der Waals surface area contributed by atoms with Gasteiger partial charge in [0.05, 0.1) is 16.9 Å². The van der Waals surface area contributed by atoms with E-state index in [1.807, 2.05) is 19.1 Å². The van der Waals surface area contributed by atoms with Crippen molar-refractivity contribution in [1.82, 2.24) is 10.2 Å². The molecule has 1 atom stereocenters. The van der Waals surface area contributed by atoms with Crippen molar-refractivity contribution in [3.8, 4) is 0 Å². The van der Waals surface area contributed by atoms with Gasteiger partial charge < -0.3 is 10.0 Å². The Labute approximate surface area is 168 Å². The third kappa shape index (κ3) is 3.30. The summed E-state index contributed by atoms with van der Waals surface area (Å²) in [6, 6.07) is 5.53. The third-order valence-corrected chi connectivity index (χ3v) is 6.37. The molecule has 0 radical (unpaired) electrons. The fourth-order valence-corrected chi connectivity index (χ4v) is 4.83. The number of hydrogen-bond donors (Lipinski definition) is 2. The van der Waals surface area contributed by atoms with Gasteiger partial charge in [-0.2, -0.15) is 5.10 Å². The topological polar surface area (TPSA) is 86.3 Å². The number of benzene rings is 1. The number of Topliss-reactive ketones (excluding diaryl/α,β-unsaturated/α-hetero) is 1. The summed E-state index contributed by atoms with van der Waals surface area (Å²) in [4.78, 5) is 26.8. The lowest BCUT2D eigenvalue weighted by molar-refractivity contribution is -0.142. The fourth-order valence-electron chi connectivity index (χ4n) is 4.52. The number of aromatic amines is 1. The van der Waals surface area contributed by atoms with Crippen LogP contribution in [0, 0.1) is 12.8 Å². The van der Waals surface area contributed by atoms with Gasteiger partial charge in [-0.15, -0.1) is 0 Å². The molecule has 148 valence electrons. The van der Waals surface area contributed by atoms with Gasteiger partial charge in [-0.3, -0.25) is 14.7 Å². The Hall–Kier alpha value is -2.34. The van der Waals surface area contributed by atoms with E-state index in [4.69, 9.17) is 11.6 Å². The molecule has 1 fully saturated rings. The van der Waals surface area contributed by atoms with E-state index in [1.54, 1.807) is 6.07 Å². The molecule has 0 bridgehead atoms. The molecule has 28 heavy (non-hydrogen) atoms. The van der Waals surface area contributed by atoms with E-state index in [0.29, 0.717) is 36.5 Å². The summed E-state index contributed by atoms with van der Waals surface area (Å²) < 4.78 is 0. The molecule has 1 aliphatic carbocycles. The van der Waals surface area contributed by atoms with Crippen LogP contribution >= 0.6 is 11.6 Å². The number of rotatable bonds is 4.